The Labute approximate surface area is 149 Å². The van der Waals surface area contributed by atoms with Gasteiger partial charge in [-0.1, -0.05) is 30.3 Å². The lowest BCUT2D eigenvalue weighted by molar-refractivity contribution is 0.0232. The molecular formula is C19H17F2N3O2. The van der Waals surface area contributed by atoms with Crippen LogP contribution in [0.25, 0.3) is 5.69 Å². The van der Waals surface area contributed by atoms with Gasteiger partial charge in [-0.05, 0) is 31.5 Å². The summed E-state index contributed by atoms with van der Waals surface area (Å²) in [5.74, 6) is -1.92. The molecule has 0 unspecified atom stereocenters. The maximum Gasteiger partial charge on any atom is 0.278 e. The van der Waals surface area contributed by atoms with Crippen LogP contribution in [0.5, 0.6) is 0 Å². The van der Waals surface area contributed by atoms with Crippen molar-refractivity contribution < 1.29 is 18.4 Å². The van der Waals surface area contributed by atoms with Crippen molar-refractivity contribution in [2.24, 2.45) is 0 Å². The molecule has 0 radical (unpaired) electrons. The number of nitrogens with one attached hydrogen (secondary N) is 1. The molecule has 0 atom stereocenters. The lowest BCUT2D eigenvalue weighted by Gasteiger charge is -2.08. The van der Waals surface area contributed by atoms with Crippen LogP contribution in [0.2, 0.25) is 0 Å². The summed E-state index contributed by atoms with van der Waals surface area (Å²) in [4.78, 5) is 17.7. The highest BCUT2D eigenvalue weighted by Gasteiger charge is 2.21. The first-order chi connectivity index (χ1) is 12.5. The van der Waals surface area contributed by atoms with Gasteiger partial charge in [0, 0.05) is 6.07 Å². The number of hydroxylamine groups is 1. The number of rotatable bonds is 5. The van der Waals surface area contributed by atoms with Crippen molar-refractivity contribution in [1.82, 2.24) is 15.3 Å². The number of halogens is 2. The second-order valence-corrected chi connectivity index (χ2v) is 5.76. The van der Waals surface area contributed by atoms with Gasteiger partial charge in [-0.3, -0.25) is 9.63 Å². The number of aryl methyl sites for hydroxylation is 1. The minimum absolute atomic E-state index is 0.0660. The van der Waals surface area contributed by atoms with Crippen LogP contribution >= 0.6 is 0 Å². The molecule has 2 aromatic carbocycles. The van der Waals surface area contributed by atoms with Crippen LogP contribution in [-0.2, 0) is 11.4 Å². The van der Waals surface area contributed by atoms with Crippen molar-refractivity contribution in [2.75, 3.05) is 0 Å². The van der Waals surface area contributed by atoms with Crippen molar-refractivity contribution in [3.63, 3.8) is 0 Å². The molecule has 0 saturated carbocycles. The molecule has 7 heteroatoms. The third-order valence-electron chi connectivity index (χ3n) is 3.90. The molecule has 0 bridgehead atoms. The molecule has 0 saturated heterocycles. The fourth-order valence-corrected chi connectivity index (χ4v) is 2.67. The second kappa shape index (κ2) is 7.45. The zero-order valence-electron chi connectivity index (χ0n) is 14.3. The monoisotopic (exact) mass is 357 g/mol. The number of carbonyl (C=O) groups is 1. The van der Waals surface area contributed by atoms with E-state index in [4.69, 9.17) is 4.84 Å². The number of benzene rings is 2. The third-order valence-corrected chi connectivity index (χ3v) is 3.90. The maximum atomic E-state index is 14.0. The van der Waals surface area contributed by atoms with Crippen LogP contribution in [-0.4, -0.2) is 15.7 Å². The number of aromatic nitrogens is 2. The average Bonchev–Trinajstić information content (AvgIpc) is 2.90. The lowest BCUT2D eigenvalue weighted by Crippen LogP contribution is -2.24. The van der Waals surface area contributed by atoms with E-state index in [9.17, 15) is 13.6 Å². The number of amides is 1. The summed E-state index contributed by atoms with van der Waals surface area (Å²) < 4.78 is 28.4. The van der Waals surface area contributed by atoms with E-state index in [0.717, 1.165) is 17.7 Å². The summed E-state index contributed by atoms with van der Waals surface area (Å²) in [5.41, 5.74) is 4.46. The van der Waals surface area contributed by atoms with E-state index in [1.807, 2.05) is 30.3 Å². The van der Waals surface area contributed by atoms with Gasteiger partial charge >= 0.3 is 0 Å². The van der Waals surface area contributed by atoms with Crippen LogP contribution in [0.4, 0.5) is 8.78 Å². The predicted octanol–water partition coefficient (Wildman–Crippen LogP) is 3.63. The van der Waals surface area contributed by atoms with Crippen molar-refractivity contribution >= 4 is 5.91 Å². The van der Waals surface area contributed by atoms with E-state index in [2.05, 4.69) is 10.6 Å². The smallest absolute Gasteiger partial charge is 0.269 e. The summed E-state index contributed by atoms with van der Waals surface area (Å²) in [6.07, 6.45) is 0. The Bertz CT molecular complexity index is 939. The van der Waals surface area contributed by atoms with Gasteiger partial charge in [0.2, 0.25) is 0 Å². The first-order valence-corrected chi connectivity index (χ1v) is 7.95. The zero-order valence-corrected chi connectivity index (χ0v) is 14.3. The lowest BCUT2D eigenvalue weighted by atomic mass is 10.2. The maximum absolute atomic E-state index is 14.0. The van der Waals surface area contributed by atoms with E-state index < -0.39 is 17.5 Å². The van der Waals surface area contributed by atoms with Gasteiger partial charge in [-0.15, -0.1) is 0 Å². The fourth-order valence-electron chi connectivity index (χ4n) is 2.67. The molecule has 3 aromatic rings. The standard InChI is InChI=1S/C19H17F2N3O2/c1-12-18(19(25)23-26-11-14-6-4-3-5-7-14)13(2)24(22-12)17-9-8-15(20)10-16(17)21/h3-10H,11H2,1-2H3,(H,23,25). The van der Waals surface area contributed by atoms with Crippen LogP contribution in [0.1, 0.15) is 27.3 Å². The third kappa shape index (κ3) is 3.62. The first-order valence-electron chi connectivity index (χ1n) is 7.95. The summed E-state index contributed by atoms with van der Waals surface area (Å²) in [6.45, 7) is 3.48. The summed E-state index contributed by atoms with van der Waals surface area (Å²) in [7, 11) is 0. The summed E-state index contributed by atoms with van der Waals surface area (Å²) >= 11 is 0. The van der Waals surface area contributed by atoms with E-state index >= 15 is 0 Å². The Morgan fingerprint density at radius 2 is 1.88 bits per heavy atom. The highest BCUT2D eigenvalue weighted by Crippen LogP contribution is 2.20. The molecule has 0 aliphatic heterocycles. The number of nitrogens with zero attached hydrogens (tertiary/aromatic N) is 2. The predicted molar refractivity (Wildman–Crippen MR) is 91.7 cm³/mol. The van der Waals surface area contributed by atoms with E-state index in [1.54, 1.807) is 13.8 Å². The Morgan fingerprint density at radius 3 is 2.58 bits per heavy atom. The summed E-state index contributed by atoms with van der Waals surface area (Å²) in [5, 5.41) is 4.20. The van der Waals surface area contributed by atoms with Gasteiger partial charge in [-0.25, -0.2) is 18.9 Å². The Kier molecular flexibility index (Phi) is 5.09. The van der Waals surface area contributed by atoms with Crippen LogP contribution in [0.3, 0.4) is 0 Å². The van der Waals surface area contributed by atoms with Gasteiger partial charge < -0.3 is 0 Å². The zero-order chi connectivity index (χ0) is 18.7. The van der Waals surface area contributed by atoms with Crippen LogP contribution < -0.4 is 5.48 Å². The largest absolute Gasteiger partial charge is 0.278 e. The van der Waals surface area contributed by atoms with Gasteiger partial charge in [0.1, 0.15) is 11.5 Å². The molecular weight excluding hydrogens is 340 g/mol. The molecule has 5 nitrogen and oxygen atoms in total. The molecule has 1 N–H and O–H groups in total. The first kappa shape index (κ1) is 17.8. The average molecular weight is 357 g/mol. The topological polar surface area (TPSA) is 56.2 Å². The minimum Gasteiger partial charge on any atom is -0.269 e. The molecule has 26 heavy (non-hydrogen) atoms. The van der Waals surface area contributed by atoms with Crippen molar-refractivity contribution in [3.05, 3.63) is 82.7 Å². The van der Waals surface area contributed by atoms with Crippen molar-refractivity contribution in [2.45, 2.75) is 20.5 Å². The highest BCUT2D eigenvalue weighted by atomic mass is 19.1. The highest BCUT2D eigenvalue weighted by molar-refractivity contribution is 5.95. The molecule has 3 rings (SSSR count). The van der Waals surface area contributed by atoms with Gasteiger partial charge in [0.05, 0.1) is 23.6 Å². The van der Waals surface area contributed by atoms with E-state index in [-0.39, 0.29) is 17.9 Å². The molecule has 1 aromatic heterocycles. The van der Waals surface area contributed by atoms with Gasteiger partial charge in [0.15, 0.2) is 5.82 Å². The van der Waals surface area contributed by atoms with E-state index in [0.29, 0.717) is 11.4 Å². The quantitative estimate of drug-likeness (QED) is 0.710. The summed E-state index contributed by atoms with van der Waals surface area (Å²) in [6, 6.07) is 12.6. The second-order valence-electron chi connectivity index (χ2n) is 5.76. The Morgan fingerprint density at radius 1 is 1.15 bits per heavy atom. The Hall–Kier alpha value is -3.06. The number of hydrogen-bond donors (Lipinski definition) is 1. The van der Waals surface area contributed by atoms with Gasteiger partial charge in [0.25, 0.3) is 5.91 Å². The van der Waals surface area contributed by atoms with Gasteiger partial charge in [-0.2, -0.15) is 5.10 Å². The molecule has 0 aliphatic carbocycles. The molecule has 0 fully saturated rings. The fraction of sp³-hybridized carbons (Fsp3) is 0.158. The SMILES string of the molecule is Cc1nn(-c2ccc(F)cc2F)c(C)c1C(=O)NOCc1ccccc1. The molecule has 1 heterocycles. The molecule has 1 amide bonds. The van der Waals surface area contributed by atoms with Crippen molar-refractivity contribution in [1.29, 1.82) is 0 Å². The minimum atomic E-state index is -0.761. The number of hydrogen-bond acceptors (Lipinski definition) is 3. The molecule has 0 aliphatic rings. The van der Waals surface area contributed by atoms with E-state index in [1.165, 1.54) is 10.7 Å². The van der Waals surface area contributed by atoms with Crippen molar-refractivity contribution in [3.8, 4) is 5.69 Å². The number of carbonyl (C=O) groups excluding carboxylic acids is 1. The van der Waals surface area contributed by atoms with Crippen LogP contribution in [0, 0.1) is 25.5 Å². The molecule has 134 valence electrons. The Balaban J connectivity index is 1.78. The normalized spacial score (nSPS) is 10.8. The van der Waals surface area contributed by atoms with Crippen LogP contribution in [0.15, 0.2) is 48.5 Å². The molecule has 0 spiro atoms.